The Morgan fingerprint density at radius 2 is 1.63 bits per heavy atom. The third-order valence-corrected chi connectivity index (χ3v) is 5.36. The van der Waals surface area contributed by atoms with Crippen LogP contribution < -0.4 is 9.64 Å². The molecule has 0 saturated carbocycles. The molecule has 4 nitrogen and oxygen atoms in total. The number of hydrogen-bond donors (Lipinski definition) is 0. The second kappa shape index (κ2) is 7.21. The van der Waals surface area contributed by atoms with Crippen LogP contribution in [-0.2, 0) is 0 Å². The van der Waals surface area contributed by atoms with Crippen LogP contribution in [0.3, 0.4) is 0 Å². The van der Waals surface area contributed by atoms with Gasteiger partial charge in [0.15, 0.2) is 5.13 Å². The number of hydrogen-bond acceptors (Lipinski definition) is 5. The number of carbonyl (C=O) groups excluding carboxylic acids is 1. The zero-order chi connectivity index (χ0) is 18.8. The van der Waals surface area contributed by atoms with Gasteiger partial charge in [-0.05, 0) is 35.4 Å². The number of aromatic nitrogens is 1. The highest BCUT2D eigenvalue weighted by atomic mass is 32.1. The van der Waals surface area contributed by atoms with Gasteiger partial charge in [-0.2, -0.15) is 0 Å². The standard InChI is InChI=1S/C22H18N2O2S/c1-24(2)22-23-19-13-12-18(14-20(19)27-22)26-21(25)17-10-8-16(9-11-17)15-6-4-3-5-7-15/h3-14H,1-2H3. The Labute approximate surface area is 161 Å². The first kappa shape index (κ1) is 17.2. The Bertz CT molecular complexity index is 1090. The summed E-state index contributed by atoms with van der Waals surface area (Å²) in [5, 5.41) is 0.921. The fourth-order valence-corrected chi connectivity index (χ4v) is 3.66. The maximum Gasteiger partial charge on any atom is 0.343 e. The molecule has 3 aromatic carbocycles. The first-order valence-electron chi connectivity index (χ1n) is 8.56. The minimum absolute atomic E-state index is 0.369. The number of nitrogens with zero attached hydrogens (tertiary/aromatic N) is 2. The average Bonchev–Trinajstić information content (AvgIpc) is 3.12. The van der Waals surface area contributed by atoms with Crippen LogP contribution in [0, 0.1) is 0 Å². The van der Waals surface area contributed by atoms with Crippen molar-refractivity contribution in [2.24, 2.45) is 0 Å². The monoisotopic (exact) mass is 374 g/mol. The van der Waals surface area contributed by atoms with Crippen molar-refractivity contribution in [1.82, 2.24) is 4.98 Å². The smallest absolute Gasteiger partial charge is 0.343 e. The average molecular weight is 374 g/mol. The topological polar surface area (TPSA) is 42.4 Å². The normalized spacial score (nSPS) is 10.7. The summed E-state index contributed by atoms with van der Waals surface area (Å²) in [5.74, 6) is 0.153. The van der Waals surface area contributed by atoms with E-state index in [0.717, 1.165) is 26.5 Å². The highest BCUT2D eigenvalue weighted by Crippen LogP contribution is 2.30. The van der Waals surface area contributed by atoms with Crippen LogP contribution >= 0.6 is 11.3 Å². The van der Waals surface area contributed by atoms with Crippen LogP contribution in [-0.4, -0.2) is 25.0 Å². The van der Waals surface area contributed by atoms with Crippen molar-refractivity contribution in [3.8, 4) is 16.9 Å². The molecule has 134 valence electrons. The van der Waals surface area contributed by atoms with Crippen molar-refractivity contribution < 1.29 is 9.53 Å². The maximum atomic E-state index is 12.5. The quantitative estimate of drug-likeness (QED) is 0.361. The van der Waals surface area contributed by atoms with Crippen molar-refractivity contribution >= 4 is 32.7 Å². The van der Waals surface area contributed by atoms with Gasteiger partial charge in [0, 0.05) is 20.2 Å². The van der Waals surface area contributed by atoms with Gasteiger partial charge in [0.2, 0.25) is 0 Å². The Hall–Kier alpha value is -3.18. The van der Waals surface area contributed by atoms with Crippen molar-refractivity contribution in [2.75, 3.05) is 19.0 Å². The van der Waals surface area contributed by atoms with Crippen molar-refractivity contribution in [1.29, 1.82) is 0 Å². The first-order chi connectivity index (χ1) is 13.1. The van der Waals surface area contributed by atoms with Crippen molar-refractivity contribution in [3.63, 3.8) is 0 Å². The number of esters is 1. The van der Waals surface area contributed by atoms with Crippen LogP contribution in [0.2, 0.25) is 0 Å². The summed E-state index contributed by atoms with van der Waals surface area (Å²) in [6, 6.07) is 23.0. The van der Waals surface area contributed by atoms with Gasteiger partial charge in [-0.1, -0.05) is 53.8 Å². The summed E-state index contributed by atoms with van der Waals surface area (Å²) in [6.45, 7) is 0. The summed E-state index contributed by atoms with van der Waals surface area (Å²) < 4.78 is 6.54. The second-order valence-electron chi connectivity index (χ2n) is 6.35. The number of thiazole rings is 1. The van der Waals surface area contributed by atoms with Crippen molar-refractivity contribution in [3.05, 3.63) is 78.4 Å². The van der Waals surface area contributed by atoms with Crippen LogP contribution in [0.25, 0.3) is 21.3 Å². The predicted molar refractivity (Wildman–Crippen MR) is 111 cm³/mol. The summed E-state index contributed by atoms with van der Waals surface area (Å²) in [7, 11) is 3.91. The number of anilines is 1. The van der Waals surface area contributed by atoms with E-state index in [0.29, 0.717) is 11.3 Å². The Morgan fingerprint density at radius 3 is 2.33 bits per heavy atom. The number of carbonyl (C=O) groups is 1. The lowest BCUT2D eigenvalue weighted by Gasteiger charge is -2.06. The maximum absolute atomic E-state index is 12.5. The lowest BCUT2D eigenvalue weighted by atomic mass is 10.0. The molecule has 4 rings (SSSR count). The molecule has 0 bridgehead atoms. The van der Waals surface area contributed by atoms with E-state index in [4.69, 9.17) is 4.74 Å². The molecule has 27 heavy (non-hydrogen) atoms. The molecule has 1 heterocycles. The summed E-state index contributed by atoms with van der Waals surface area (Å²) in [4.78, 5) is 19.0. The highest BCUT2D eigenvalue weighted by Gasteiger charge is 2.11. The zero-order valence-corrected chi connectivity index (χ0v) is 15.9. The molecule has 0 spiro atoms. The molecular weight excluding hydrogens is 356 g/mol. The van der Waals surface area contributed by atoms with Gasteiger partial charge in [-0.3, -0.25) is 0 Å². The van der Waals surface area contributed by atoms with Gasteiger partial charge < -0.3 is 9.64 Å². The minimum atomic E-state index is -0.369. The largest absolute Gasteiger partial charge is 0.423 e. The van der Waals surface area contributed by atoms with E-state index >= 15 is 0 Å². The van der Waals surface area contributed by atoms with Gasteiger partial charge in [0.05, 0.1) is 15.8 Å². The number of ether oxygens (including phenoxy) is 1. The van der Waals surface area contributed by atoms with Gasteiger partial charge in [-0.15, -0.1) is 0 Å². The van der Waals surface area contributed by atoms with E-state index < -0.39 is 0 Å². The molecule has 0 aliphatic rings. The molecule has 0 saturated heterocycles. The van der Waals surface area contributed by atoms with Crippen LogP contribution in [0.15, 0.2) is 72.8 Å². The van der Waals surface area contributed by atoms with E-state index in [1.54, 1.807) is 29.5 Å². The summed E-state index contributed by atoms with van der Waals surface area (Å²) in [6.07, 6.45) is 0. The zero-order valence-electron chi connectivity index (χ0n) is 15.0. The summed E-state index contributed by atoms with van der Waals surface area (Å²) in [5.41, 5.74) is 3.60. The number of rotatable bonds is 4. The van der Waals surface area contributed by atoms with Crippen LogP contribution in [0.1, 0.15) is 10.4 Å². The number of benzene rings is 3. The molecule has 1 aromatic heterocycles. The molecule has 0 atom stereocenters. The third-order valence-electron chi connectivity index (χ3n) is 4.17. The predicted octanol–water partition coefficient (Wildman–Crippen LogP) is 5.25. The minimum Gasteiger partial charge on any atom is -0.423 e. The fraction of sp³-hybridized carbons (Fsp3) is 0.0909. The Balaban J connectivity index is 1.52. The SMILES string of the molecule is CN(C)c1nc2ccc(OC(=O)c3ccc(-c4ccccc4)cc3)cc2s1. The Kier molecular flexibility index (Phi) is 4.60. The second-order valence-corrected chi connectivity index (χ2v) is 7.36. The van der Waals surface area contributed by atoms with Gasteiger partial charge in [-0.25, -0.2) is 9.78 Å². The lowest BCUT2D eigenvalue weighted by Crippen LogP contribution is -2.08. The van der Waals surface area contributed by atoms with Gasteiger partial charge in [0.1, 0.15) is 5.75 Å². The van der Waals surface area contributed by atoms with Crippen LogP contribution in [0.4, 0.5) is 5.13 Å². The summed E-state index contributed by atoms with van der Waals surface area (Å²) >= 11 is 1.57. The fourth-order valence-electron chi connectivity index (χ4n) is 2.74. The van der Waals surface area contributed by atoms with Crippen LogP contribution in [0.5, 0.6) is 5.75 Å². The molecule has 0 N–H and O–H groups in total. The van der Waals surface area contributed by atoms with Gasteiger partial charge in [0.25, 0.3) is 0 Å². The molecular formula is C22H18N2O2S. The molecule has 0 unspecified atom stereocenters. The van der Waals surface area contributed by atoms with E-state index in [1.807, 2.05) is 73.6 Å². The van der Waals surface area contributed by atoms with E-state index in [-0.39, 0.29) is 5.97 Å². The highest BCUT2D eigenvalue weighted by molar-refractivity contribution is 7.22. The molecule has 0 amide bonds. The first-order valence-corrected chi connectivity index (χ1v) is 9.37. The Morgan fingerprint density at radius 1 is 0.926 bits per heavy atom. The third kappa shape index (κ3) is 3.68. The lowest BCUT2D eigenvalue weighted by molar-refractivity contribution is 0.0735. The van der Waals surface area contributed by atoms with E-state index in [1.165, 1.54) is 0 Å². The molecule has 5 heteroatoms. The van der Waals surface area contributed by atoms with E-state index in [9.17, 15) is 4.79 Å². The molecule has 0 fully saturated rings. The number of fused-ring (bicyclic) bond motifs is 1. The van der Waals surface area contributed by atoms with E-state index in [2.05, 4.69) is 4.98 Å². The van der Waals surface area contributed by atoms with Gasteiger partial charge >= 0.3 is 5.97 Å². The molecule has 4 aromatic rings. The molecule has 0 aliphatic heterocycles. The molecule has 0 radical (unpaired) electrons. The van der Waals surface area contributed by atoms with Crippen molar-refractivity contribution in [2.45, 2.75) is 0 Å². The molecule has 0 aliphatic carbocycles.